The largest absolute Gasteiger partial charge is 0.496 e. The summed E-state index contributed by atoms with van der Waals surface area (Å²) >= 11 is 8.59. The number of nitrogens with one attached hydrogen (secondary N) is 2. The lowest BCUT2D eigenvalue weighted by Crippen LogP contribution is -2.40. The molecule has 7 nitrogen and oxygen atoms in total. The van der Waals surface area contributed by atoms with Gasteiger partial charge in [0.05, 0.1) is 25.9 Å². The van der Waals surface area contributed by atoms with Crippen LogP contribution in [0.1, 0.15) is 20.7 Å². The topological polar surface area (TPSA) is 79.9 Å². The minimum absolute atomic E-state index is 0.0641. The smallest absolute Gasteiger partial charge is 0.261 e. The van der Waals surface area contributed by atoms with Gasteiger partial charge in [0.1, 0.15) is 5.75 Å². The number of halogens is 1. The summed E-state index contributed by atoms with van der Waals surface area (Å²) in [6.07, 6.45) is 0. The SMILES string of the molecule is COc1ccc(Br)cc1C(=O)NC(=S)Nc1cccc(C(=O)N2CCOCC2)c1. The molecule has 0 saturated carbocycles. The van der Waals surface area contributed by atoms with E-state index in [1.165, 1.54) is 7.11 Å². The Labute approximate surface area is 182 Å². The van der Waals surface area contributed by atoms with Crippen molar-refractivity contribution in [3.8, 4) is 5.75 Å². The van der Waals surface area contributed by atoms with E-state index in [9.17, 15) is 9.59 Å². The Balaban J connectivity index is 1.66. The third-order valence-corrected chi connectivity index (χ3v) is 5.00. The van der Waals surface area contributed by atoms with Crippen molar-refractivity contribution in [2.24, 2.45) is 0 Å². The zero-order valence-electron chi connectivity index (χ0n) is 15.7. The van der Waals surface area contributed by atoms with Crippen LogP contribution in [0, 0.1) is 0 Å². The Bertz CT molecular complexity index is 932. The predicted molar refractivity (Wildman–Crippen MR) is 118 cm³/mol. The fourth-order valence-electron chi connectivity index (χ4n) is 2.87. The summed E-state index contributed by atoms with van der Waals surface area (Å²) in [7, 11) is 1.49. The minimum atomic E-state index is -0.402. The zero-order valence-corrected chi connectivity index (χ0v) is 18.1. The average molecular weight is 478 g/mol. The van der Waals surface area contributed by atoms with Crippen LogP contribution < -0.4 is 15.4 Å². The van der Waals surface area contributed by atoms with Crippen LogP contribution in [0.25, 0.3) is 0 Å². The maximum atomic E-state index is 12.6. The highest BCUT2D eigenvalue weighted by Gasteiger charge is 2.19. The van der Waals surface area contributed by atoms with Crippen molar-refractivity contribution < 1.29 is 19.1 Å². The summed E-state index contributed by atoms with van der Waals surface area (Å²) in [5.41, 5.74) is 1.50. The number of hydrogen-bond donors (Lipinski definition) is 2. The van der Waals surface area contributed by atoms with Crippen LogP contribution in [0.3, 0.4) is 0 Å². The van der Waals surface area contributed by atoms with Crippen LogP contribution in [0.5, 0.6) is 5.75 Å². The van der Waals surface area contributed by atoms with Gasteiger partial charge in [-0.15, -0.1) is 0 Å². The molecule has 152 valence electrons. The summed E-state index contributed by atoms with van der Waals surface area (Å²) < 4.78 is 11.3. The number of carbonyl (C=O) groups excluding carboxylic acids is 2. The number of anilines is 1. The van der Waals surface area contributed by atoms with E-state index in [0.29, 0.717) is 48.9 Å². The van der Waals surface area contributed by atoms with Gasteiger partial charge in [0.2, 0.25) is 0 Å². The molecule has 1 heterocycles. The average Bonchev–Trinajstić information content (AvgIpc) is 2.73. The molecule has 0 atom stereocenters. The third-order valence-electron chi connectivity index (χ3n) is 4.30. The van der Waals surface area contributed by atoms with Gasteiger partial charge < -0.3 is 19.7 Å². The van der Waals surface area contributed by atoms with Crippen molar-refractivity contribution in [1.82, 2.24) is 10.2 Å². The number of amides is 2. The van der Waals surface area contributed by atoms with Crippen LogP contribution in [-0.4, -0.2) is 55.2 Å². The summed E-state index contributed by atoms with van der Waals surface area (Å²) in [6, 6.07) is 12.1. The van der Waals surface area contributed by atoms with Crippen molar-refractivity contribution in [2.75, 3.05) is 38.7 Å². The molecule has 0 radical (unpaired) electrons. The summed E-state index contributed by atoms with van der Waals surface area (Å²) in [5.74, 6) is -0.0291. The summed E-state index contributed by atoms with van der Waals surface area (Å²) in [4.78, 5) is 26.9. The van der Waals surface area contributed by atoms with E-state index in [-0.39, 0.29) is 11.0 Å². The molecule has 1 fully saturated rings. The molecular formula is C20H20BrN3O4S. The molecule has 0 aliphatic carbocycles. The van der Waals surface area contributed by atoms with E-state index in [1.54, 1.807) is 47.4 Å². The lowest BCUT2D eigenvalue weighted by Gasteiger charge is -2.27. The molecule has 2 amide bonds. The monoisotopic (exact) mass is 477 g/mol. The molecule has 3 rings (SSSR count). The van der Waals surface area contributed by atoms with Gasteiger partial charge in [0.15, 0.2) is 5.11 Å². The van der Waals surface area contributed by atoms with Crippen LogP contribution in [0.4, 0.5) is 5.69 Å². The second-order valence-corrected chi connectivity index (χ2v) is 7.56. The number of benzene rings is 2. The normalized spacial score (nSPS) is 13.5. The van der Waals surface area contributed by atoms with Crippen molar-refractivity contribution in [2.45, 2.75) is 0 Å². The van der Waals surface area contributed by atoms with Crippen LogP contribution in [-0.2, 0) is 4.74 Å². The van der Waals surface area contributed by atoms with E-state index in [0.717, 1.165) is 4.47 Å². The van der Waals surface area contributed by atoms with Crippen molar-refractivity contribution in [1.29, 1.82) is 0 Å². The number of nitrogens with zero attached hydrogens (tertiary/aromatic N) is 1. The van der Waals surface area contributed by atoms with Gasteiger partial charge in [-0.25, -0.2) is 0 Å². The lowest BCUT2D eigenvalue weighted by atomic mass is 10.1. The molecular weight excluding hydrogens is 458 g/mol. The zero-order chi connectivity index (χ0) is 20.8. The number of carbonyl (C=O) groups is 2. The molecule has 2 aromatic rings. The first-order chi connectivity index (χ1) is 14.0. The van der Waals surface area contributed by atoms with Gasteiger partial charge >= 0.3 is 0 Å². The Kier molecular flexibility index (Phi) is 7.18. The molecule has 0 unspecified atom stereocenters. The molecule has 2 N–H and O–H groups in total. The summed E-state index contributed by atoms with van der Waals surface area (Å²) in [6.45, 7) is 2.22. The van der Waals surface area contributed by atoms with Gasteiger partial charge in [0.25, 0.3) is 11.8 Å². The molecule has 1 saturated heterocycles. The maximum absolute atomic E-state index is 12.6. The molecule has 29 heavy (non-hydrogen) atoms. The molecule has 9 heteroatoms. The Hall–Kier alpha value is -2.49. The first-order valence-electron chi connectivity index (χ1n) is 8.91. The quantitative estimate of drug-likeness (QED) is 0.658. The van der Waals surface area contributed by atoms with Gasteiger partial charge in [-0.3, -0.25) is 14.9 Å². The van der Waals surface area contributed by atoms with E-state index < -0.39 is 5.91 Å². The lowest BCUT2D eigenvalue weighted by molar-refractivity contribution is 0.0303. The number of rotatable bonds is 4. The van der Waals surface area contributed by atoms with Crippen LogP contribution >= 0.6 is 28.1 Å². The molecule has 1 aliphatic rings. The Morgan fingerprint density at radius 1 is 1.17 bits per heavy atom. The second kappa shape index (κ2) is 9.82. The van der Waals surface area contributed by atoms with Gasteiger partial charge in [-0.1, -0.05) is 22.0 Å². The maximum Gasteiger partial charge on any atom is 0.261 e. The van der Waals surface area contributed by atoms with E-state index in [2.05, 4.69) is 26.6 Å². The second-order valence-electron chi connectivity index (χ2n) is 6.24. The first-order valence-corrected chi connectivity index (χ1v) is 10.1. The molecule has 0 spiro atoms. The highest BCUT2D eigenvalue weighted by Crippen LogP contribution is 2.23. The third kappa shape index (κ3) is 5.53. The number of morpholine rings is 1. The minimum Gasteiger partial charge on any atom is -0.496 e. The summed E-state index contributed by atoms with van der Waals surface area (Å²) in [5, 5.41) is 5.69. The standard InChI is InChI=1S/C20H20BrN3O4S/c1-27-17-6-5-14(21)12-16(17)18(25)23-20(29)22-15-4-2-3-13(11-15)19(26)24-7-9-28-10-8-24/h2-6,11-12H,7-10H2,1H3,(H2,22,23,25,29). The van der Waals surface area contributed by atoms with Crippen molar-refractivity contribution >= 4 is 50.8 Å². The van der Waals surface area contributed by atoms with Crippen molar-refractivity contribution in [3.63, 3.8) is 0 Å². The van der Waals surface area contributed by atoms with Gasteiger partial charge in [-0.05, 0) is 48.6 Å². The van der Waals surface area contributed by atoms with E-state index >= 15 is 0 Å². The fraction of sp³-hybridized carbons (Fsp3) is 0.250. The van der Waals surface area contributed by atoms with Gasteiger partial charge in [0, 0.05) is 28.8 Å². The highest BCUT2D eigenvalue weighted by molar-refractivity contribution is 9.10. The van der Waals surface area contributed by atoms with Crippen molar-refractivity contribution in [3.05, 3.63) is 58.1 Å². The number of hydrogen-bond acceptors (Lipinski definition) is 5. The van der Waals surface area contributed by atoms with E-state index in [1.807, 2.05) is 0 Å². The molecule has 2 aromatic carbocycles. The first kappa shape index (κ1) is 21.2. The molecule has 0 aromatic heterocycles. The Morgan fingerprint density at radius 2 is 1.93 bits per heavy atom. The highest BCUT2D eigenvalue weighted by atomic mass is 79.9. The predicted octanol–water partition coefficient (Wildman–Crippen LogP) is 3.06. The molecule has 0 bridgehead atoms. The Morgan fingerprint density at radius 3 is 2.66 bits per heavy atom. The van der Waals surface area contributed by atoms with Crippen LogP contribution in [0.2, 0.25) is 0 Å². The van der Waals surface area contributed by atoms with Crippen LogP contribution in [0.15, 0.2) is 46.9 Å². The van der Waals surface area contributed by atoms with Gasteiger partial charge in [-0.2, -0.15) is 0 Å². The van der Waals surface area contributed by atoms with E-state index in [4.69, 9.17) is 21.7 Å². The number of ether oxygens (including phenoxy) is 2. The fourth-order valence-corrected chi connectivity index (χ4v) is 3.44. The number of thiocarbonyl (C=S) groups is 1. The molecule has 1 aliphatic heterocycles. The number of methoxy groups -OCH3 is 1.